The number of allylic oxidation sites excluding steroid dienone is 2. The summed E-state index contributed by atoms with van der Waals surface area (Å²) in [6.45, 7) is 17.0. The normalized spacial score (nSPS) is 30.9. The summed E-state index contributed by atoms with van der Waals surface area (Å²) in [5.74, 6) is -6.38. The number of aromatic hydroxyl groups is 1. The Balaban J connectivity index is 1.63. The number of rotatable bonds is 1. The van der Waals surface area contributed by atoms with E-state index in [1.807, 2.05) is 26.8 Å². The van der Waals surface area contributed by atoms with Crippen LogP contribution in [-0.4, -0.2) is 74.4 Å². The first-order chi connectivity index (χ1) is 26.7. The lowest BCUT2D eigenvalue weighted by Gasteiger charge is -2.36. The summed E-state index contributed by atoms with van der Waals surface area (Å²) in [6, 6.07) is 1.94. The van der Waals surface area contributed by atoms with Gasteiger partial charge in [-0.05, 0) is 57.4 Å². The van der Waals surface area contributed by atoms with Crippen molar-refractivity contribution in [3.8, 4) is 11.5 Å². The van der Waals surface area contributed by atoms with Crippen molar-refractivity contribution >= 4 is 50.3 Å². The summed E-state index contributed by atoms with van der Waals surface area (Å²) in [4.78, 5) is 47.6. The van der Waals surface area contributed by atoms with E-state index in [0.29, 0.717) is 11.1 Å². The van der Waals surface area contributed by atoms with Gasteiger partial charge >= 0.3 is 5.79 Å². The number of phenols is 1. The average molecular weight is 785 g/mol. The quantitative estimate of drug-likeness (QED) is 0.0816. The molecule has 0 aliphatic carbocycles. The zero-order chi connectivity index (χ0) is 42.0. The number of phenolic OH excluding ortho intramolecular Hbond substituents is 1. The van der Waals surface area contributed by atoms with Crippen molar-refractivity contribution in [3.05, 3.63) is 80.2 Å². The number of amides is 1. The number of carbonyl (C=O) groups excluding carboxylic acids is 2. The minimum atomic E-state index is -1.99. The molecule has 0 saturated carbocycles. The fourth-order valence-electron chi connectivity index (χ4n) is 8.01. The number of ketones is 1. The first-order valence-corrected chi connectivity index (χ1v) is 19.1. The molecule has 3 heterocycles. The molecule has 1 amide bonds. The first kappa shape index (κ1) is 41.6. The molecule has 13 heteroatoms. The first-order valence-electron chi connectivity index (χ1n) is 19.1. The van der Waals surface area contributed by atoms with Gasteiger partial charge in [-0.3, -0.25) is 14.4 Å². The van der Waals surface area contributed by atoms with E-state index in [0.717, 1.165) is 16.7 Å². The number of carbonyl (C=O) groups is 2. The minimum Gasteiger partial charge on any atom is -0.505 e. The largest absolute Gasteiger partial charge is 0.505 e. The Hall–Kier alpha value is -5.08. The second kappa shape index (κ2) is 15.4. The van der Waals surface area contributed by atoms with E-state index in [1.165, 1.54) is 39.4 Å². The third-order valence-electron chi connectivity index (χ3n) is 12.0. The van der Waals surface area contributed by atoms with Gasteiger partial charge in [-0.25, -0.2) is 4.98 Å². The maximum absolute atomic E-state index is 14.6. The summed E-state index contributed by atoms with van der Waals surface area (Å²) in [5.41, 5.74) is 2.52. The average Bonchev–Trinajstić information content (AvgIpc) is 3.45. The van der Waals surface area contributed by atoms with Crippen LogP contribution in [0, 0.1) is 51.4 Å². The summed E-state index contributed by atoms with van der Waals surface area (Å²) >= 11 is 0. The third kappa shape index (κ3) is 6.90. The van der Waals surface area contributed by atoms with Gasteiger partial charge in [0.25, 0.3) is 11.7 Å². The number of benzene rings is 3. The van der Waals surface area contributed by atoms with Crippen molar-refractivity contribution in [2.24, 2.45) is 23.7 Å². The number of nitrogens with one attached hydrogen (secondary N) is 1. The van der Waals surface area contributed by atoms with Crippen LogP contribution in [0.4, 0.5) is 5.69 Å². The molecule has 0 unspecified atom stereocenters. The Kier molecular flexibility index (Phi) is 11.2. The van der Waals surface area contributed by atoms with Crippen molar-refractivity contribution in [2.45, 2.75) is 99.4 Å². The highest BCUT2D eigenvalue weighted by atomic mass is 16.7. The Bertz CT molecular complexity index is 2460. The number of Topliss-reactive ketones (excluding diaryl/α,β-unsaturated/α-hetero) is 1. The van der Waals surface area contributed by atoms with Crippen molar-refractivity contribution in [1.29, 1.82) is 0 Å². The molecule has 4 bridgehead atoms. The molecule has 1 aromatic heterocycles. The second-order valence-corrected chi connectivity index (χ2v) is 16.0. The number of aliphatic hydroxyl groups excluding tert-OH is 3. The minimum absolute atomic E-state index is 0.0192. The molecule has 5 N–H and O–H groups in total. The molecular formula is C44H52N2O11. The van der Waals surface area contributed by atoms with Crippen molar-refractivity contribution in [3.63, 3.8) is 0 Å². The maximum atomic E-state index is 14.6. The lowest BCUT2D eigenvalue weighted by atomic mass is 9.78. The van der Waals surface area contributed by atoms with Crippen LogP contribution in [0.3, 0.4) is 0 Å². The SMILES string of the molecule is CO[C@H]1/C=C/O[C@@]2(C)Oc3c(C)c(=O)c4c(O)c(c5oc6c(C)c(C)cc(C)c6nc5c4c3C2=O)NC(=O)/C(C)=C\C=C\[C@H](C)[C@H](O)[C@@H](C)[C@@H](O)[C@@H](C)[C@H](O)[C@@H]1C. The Labute approximate surface area is 330 Å². The van der Waals surface area contributed by atoms with Crippen molar-refractivity contribution in [1.82, 2.24) is 4.98 Å². The molecule has 3 aromatic carbocycles. The highest BCUT2D eigenvalue weighted by molar-refractivity contribution is 6.26. The number of methoxy groups -OCH3 is 1. The Morgan fingerprint density at radius 3 is 2.14 bits per heavy atom. The Morgan fingerprint density at radius 1 is 0.825 bits per heavy atom. The number of aryl methyl sites for hydroxylation is 3. The van der Waals surface area contributed by atoms with Gasteiger partial charge in [0.05, 0.1) is 41.6 Å². The number of nitrogens with zero attached hydrogens (tertiary/aromatic N) is 1. The molecule has 0 radical (unpaired) electrons. The number of fused-ring (bicyclic) bond motifs is 2. The number of aromatic nitrogens is 1. The smallest absolute Gasteiger partial charge is 0.312 e. The lowest BCUT2D eigenvalue weighted by Crippen LogP contribution is -2.44. The highest BCUT2D eigenvalue weighted by Crippen LogP contribution is 2.48. The molecule has 2 aliphatic rings. The number of hydrogen-bond donors (Lipinski definition) is 5. The van der Waals surface area contributed by atoms with Crippen LogP contribution in [0.25, 0.3) is 33.0 Å². The fourth-order valence-corrected chi connectivity index (χ4v) is 8.01. The summed E-state index contributed by atoms with van der Waals surface area (Å²) in [6.07, 6.45) is 3.61. The topological polar surface area (TPSA) is 198 Å². The van der Waals surface area contributed by atoms with E-state index < -0.39 is 76.7 Å². The van der Waals surface area contributed by atoms with E-state index >= 15 is 0 Å². The number of anilines is 1. The predicted octanol–water partition coefficient (Wildman–Crippen LogP) is 6.35. The standard InChI is InChI=1S/C44H52N2O11/c1-18-13-12-14-19(2)43(53)46-33-38(51)29-28(32-41(33)56-40-22(5)20(3)17-21(4)31(40)45-32)30-39(26(9)37(29)50)57-44(10,42(30)52)55-16-15-27(54-11)23(6)35(48)25(8)36(49)24(7)34(18)47/h12-18,23-25,27,34-36,47-49,51H,1-11H3,(H,46,53)/b13-12+,16-15+,19-14-/t18-,23+,24+,25-,27-,34-,35+,36+,44-/m0/s1. The molecule has 9 atom stereocenters. The van der Waals surface area contributed by atoms with Crippen molar-refractivity contribution in [2.75, 3.05) is 12.4 Å². The summed E-state index contributed by atoms with van der Waals surface area (Å²) in [7, 11) is 1.45. The van der Waals surface area contributed by atoms with Gasteiger partial charge in [0.1, 0.15) is 22.5 Å². The number of aliphatic hydroxyl groups is 3. The number of hydrogen-bond acceptors (Lipinski definition) is 12. The van der Waals surface area contributed by atoms with Crippen LogP contribution in [0.1, 0.15) is 74.2 Å². The van der Waals surface area contributed by atoms with Gasteiger partial charge in [-0.15, -0.1) is 0 Å². The molecule has 304 valence electrons. The lowest BCUT2D eigenvalue weighted by molar-refractivity contribution is -0.112. The highest BCUT2D eigenvalue weighted by Gasteiger charge is 2.49. The van der Waals surface area contributed by atoms with Crippen molar-refractivity contribution < 1.29 is 48.6 Å². The number of ether oxygens (including phenoxy) is 3. The van der Waals surface area contributed by atoms with Crippen LogP contribution in [0.2, 0.25) is 0 Å². The molecule has 6 rings (SSSR count). The van der Waals surface area contributed by atoms with Crippen LogP contribution < -0.4 is 15.5 Å². The van der Waals surface area contributed by atoms with Gasteiger partial charge in [0.2, 0.25) is 0 Å². The van der Waals surface area contributed by atoms with Gasteiger partial charge < -0.3 is 44.4 Å². The van der Waals surface area contributed by atoms with Crippen LogP contribution >= 0.6 is 0 Å². The molecule has 0 saturated heterocycles. The van der Waals surface area contributed by atoms with E-state index in [4.69, 9.17) is 23.6 Å². The molecule has 0 fully saturated rings. The maximum Gasteiger partial charge on any atom is 0.312 e. The third-order valence-corrected chi connectivity index (χ3v) is 12.0. The van der Waals surface area contributed by atoms with E-state index in [9.17, 15) is 34.8 Å². The molecule has 57 heavy (non-hydrogen) atoms. The van der Waals surface area contributed by atoms with Gasteiger partial charge in [0.15, 0.2) is 22.3 Å². The van der Waals surface area contributed by atoms with Gasteiger partial charge in [-0.1, -0.05) is 52.0 Å². The Morgan fingerprint density at radius 2 is 1.47 bits per heavy atom. The predicted molar refractivity (Wildman–Crippen MR) is 216 cm³/mol. The van der Waals surface area contributed by atoms with Crippen LogP contribution in [0.15, 0.2) is 51.4 Å². The molecule has 0 spiro atoms. The molecule has 2 aliphatic heterocycles. The second-order valence-electron chi connectivity index (χ2n) is 16.0. The van der Waals surface area contributed by atoms with Gasteiger partial charge in [0, 0.05) is 54.2 Å². The molecular weight excluding hydrogens is 732 g/mol. The van der Waals surface area contributed by atoms with Crippen LogP contribution in [0.5, 0.6) is 11.5 Å². The van der Waals surface area contributed by atoms with E-state index in [2.05, 4.69) is 5.32 Å². The monoisotopic (exact) mass is 784 g/mol. The zero-order valence-electron chi connectivity index (χ0n) is 34.2. The van der Waals surface area contributed by atoms with E-state index in [-0.39, 0.29) is 50.0 Å². The fraction of sp³-hybridized carbons (Fsp3) is 0.455. The summed E-state index contributed by atoms with van der Waals surface area (Å²) < 4.78 is 24.4. The van der Waals surface area contributed by atoms with E-state index in [1.54, 1.807) is 46.8 Å². The van der Waals surface area contributed by atoms with Gasteiger partial charge in [-0.2, -0.15) is 0 Å². The molecule has 13 nitrogen and oxygen atoms in total. The van der Waals surface area contributed by atoms with Crippen LogP contribution in [-0.2, 0) is 14.3 Å². The zero-order valence-corrected chi connectivity index (χ0v) is 34.2. The molecule has 4 aromatic rings. The summed E-state index contributed by atoms with van der Waals surface area (Å²) in [5, 5.41) is 48.3.